The van der Waals surface area contributed by atoms with E-state index in [1.807, 2.05) is 26.0 Å². The normalized spacial score (nSPS) is 22.1. The highest BCUT2D eigenvalue weighted by molar-refractivity contribution is 5.79. The van der Waals surface area contributed by atoms with Crippen LogP contribution in [-0.4, -0.2) is 32.2 Å². The third-order valence-corrected chi connectivity index (χ3v) is 4.39. The van der Waals surface area contributed by atoms with Gasteiger partial charge < -0.3 is 14.9 Å². The van der Waals surface area contributed by atoms with Crippen LogP contribution < -0.4 is 5.32 Å². The molecule has 7 nitrogen and oxygen atoms in total. The molecule has 2 aromatic rings. The number of pyridine rings is 1. The lowest BCUT2D eigenvalue weighted by molar-refractivity contribution is -0.127. The molecule has 0 aromatic carbocycles. The molecule has 2 aromatic heterocycles. The number of amides is 1. The predicted molar refractivity (Wildman–Crippen MR) is 86.8 cm³/mol. The third-order valence-electron chi connectivity index (χ3n) is 4.39. The first-order valence-electron chi connectivity index (χ1n) is 8.28. The van der Waals surface area contributed by atoms with Crippen molar-refractivity contribution in [1.82, 2.24) is 20.4 Å². The Kier molecular flexibility index (Phi) is 4.89. The van der Waals surface area contributed by atoms with Gasteiger partial charge >= 0.3 is 0 Å². The van der Waals surface area contributed by atoms with Crippen molar-refractivity contribution in [2.24, 2.45) is 5.92 Å². The first-order valence-corrected chi connectivity index (χ1v) is 8.28. The lowest BCUT2D eigenvalue weighted by Gasteiger charge is -2.25. The topological polar surface area (TPSA) is 101 Å². The maximum absolute atomic E-state index is 12.3. The van der Waals surface area contributed by atoms with Crippen LogP contribution >= 0.6 is 0 Å². The number of aliphatic hydroxyl groups excluding tert-OH is 1. The second kappa shape index (κ2) is 7.09. The lowest BCUT2D eigenvalue weighted by atomic mass is 9.87. The zero-order valence-electron chi connectivity index (χ0n) is 13.9. The van der Waals surface area contributed by atoms with E-state index in [2.05, 4.69) is 20.4 Å². The second-order valence-corrected chi connectivity index (χ2v) is 6.38. The van der Waals surface area contributed by atoms with Gasteiger partial charge in [0.05, 0.1) is 6.10 Å². The molecule has 1 aliphatic rings. The molecule has 0 unspecified atom stereocenters. The minimum atomic E-state index is -0.353. The molecule has 0 bridgehead atoms. The van der Waals surface area contributed by atoms with Gasteiger partial charge in [-0.15, -0.1) is 0 Å². The molecule has 0 spiro atoms. The van der Waals surface area contributed by atoms with Crippen molar-refractivity contribution in [2.75, 3.05) is 0 Å². The molecule has 0 saturated heterocycles. The van der Waals surface area contributed by atoms with Gasteiger partial charge in [0.1, 0.15) is 6.04 Å². The number of carbonyl (C=O) groups is 1. The van der Waals surface area contributed by atoms with Crippen LogP contribution in [0.15, 0.2) is 22.9 Å². The Balaban J connectivity index is 1.63. The summed E-state index contributed by atoms with van der Waals surface area (Å²) in [6.45, 7) is 3.72. The van der Waals surface area contributed by atoms with Crippen LogP contribution in [0.25, 0.3) is 11.4 Å². The van der Waals surface area contributed by atoms with Gasteiger partial charge in [-0.1, -0.05) is 5.16 Å². The van der Waals surface area contributed by atoms with Crippen molar-refractivity contribution < 1.29 is 14.4 Å². The molecule has 2 heterocycles. The summed E-state index contributed by atoms with van der Waals surface area (Å²) in [6.07, 6.45) is 4.21. The number of nitrogens with zero attached hydrogens (tertiary/aromatic N) is 3. The monoisotopic (exact) mass is 330 g/mol. The summed E-state index contributed by atoms with van der Waals surface area (Å²) in [4.78, 5) is 20.8. The number of aromatic nitrogens is 3. The number of hydrogen-bond donors (Lipinski definition) is 2. The molecule has 1 aliphatic carbocycles. The van der Waals surface area contributed by atoms with Gasteiger partial charge in [0.2, 0.25) is 17.6 Å². The third kappa shape index (κ3) is 3.79. The zero-order chi connectivity index (χ0) is 17.1. The van der Waals surface area contributed by atoms with Gasteiger partial charge in [-0.05, 0) is 51.7 Å². The number of hydrogen-bond acceptors (Lipinski definition) is 6. The fraction of sp³-hybridized carbons (Fsp3) is 0.529. The van der Waals surface area contributed by atoms with Crippen molar-refractivity contribution in [3.63, 3.8) is 0 Å². The molecule has 3 rings (SSSR count). The molecule has 0 radical (unpaired) electrons. The van der Waals surface area contributed by atoms with Crippen molar-refractivity contribution in [3.05, 3.63) is 29.9 Å². The summed E-state index contributed by atoms with van der Waals surface area (Å²) >= 11 is 0. The number of aliphatic hydroxyl groups is 1. The largest absolute Gasteiger partial charge is 0.393 e. The second-order valence-electron chi connectivity index (χ2n) is 6.38. The highest BCUT2D eigenvalue weighted by atomic mass is 16.5. The van der Waals surface area contributed by atoms with Crippen molar-refractivity contribution >= 4 is 5.91 Å². The quantitative estimate of drug-likeness (QED) is 0.891. The Morgan fingerprint density at radius 3 is 2.83 bits per heavy atom. The highest BCUT2D eigenvalue weighted by Crippen LogP contribution is 2.25. The van der Waals surface area contributed by atoms with E-state index in [0.717, 1.165) is 11.3 Å². The average molecular weight is 330 g/mol. The smallest absolute Gasteiger partial charge is 0.249 e. The van der Waals surface area contributed by atoms with Crippen LogP contribution in [-0.2, 0) is 4.79 Å². The van der Waals surface area contributed by atoms with E-state index in [4.69, 9.17) is 4.52 Å². The Hall–Kier alpha value is -2.28. The maximum atomic E-state index is 12.3. The molecule has 24 heavy (non-hydrogen) atoms. The van der Waals surface area contributed by atoms with Gasteiger partial charge in [-0.2, -0.15) is 4.98 Å². The molecule has 128 valence electrons. The van der Waals surface area contributed by atoms with Crippen LogP contribution in [0.1, 0.15) is 50.2 Å². The Morgan fingerprint density at radius 1 is 1.38 bits per heavy atom. The van der Waals surface area contributed by atoms with Crippen LogP contribution in [0, 0.1) is 12.8 Å². The minimum Gasteiger partial charge on any atom is -0.393 e. The van der Waals surface area contributed by atoms with E-state index in [0.29, 0.717) is 37.4 Å². The first kappa shape index (κ1) is 16.6. The van der Waals surface area contributed by atoms with E-state index < -0.39 is 0 Å². The zero-order valence-corrected chi connectivity index (χ0v) is 13.9. The summed E-state index contributed by atoms with van der Waals surface area (Å²) in [5.74, 6) is 0.788. The van der Waals surface area contributed by atoms with E-state index >= 15 is 0 Å². The van der Waals surface area contributed by atoms with E-state index in [1.165, 1.54) is 0 Å². The SMILES string of the molecule is Cc1cc(-c2noc([C@H](C)NC(=O)[C@H]3CC[C@@H](O)CC3)n2)ccn1. The Labute approximate surface area is 140 Å². The number of nitrogens with one attached hydrogen (secondary N) is 1. The molecule has 1 saturated carbocycles. The highest BCUT2D eigenvalue weighted by Gasteiger charge is 2.27. The lowest BCUT2D eigenvalue weighted by Crippen LogP contribution is -2.35. The number of carbonyl (C=O) groups excluding carboxylic acids is 1. The van der Waals surface area contributed by atoms with Gasteiger partial charge in [0, 0.05) is 23.4 Å². The average Bonchev–Trinajstić information content (AvgIpc) is 3.05. The van der Waals surface area contributed by atoms with E-state index in [1.54, 1.807) is 6.20 Å². The fourth-order valence-electron chi connectivity index (χ4n) is 2.94. The molecule has 1 amide bonds. The molecule has 7 heteroatoms. The van der Waals surface area contributed by atoms with E-state index in [9.17, 15) is 9.90 Å². The van der Waals surface area contributed by atoms with Crippen LogP contribution in [0.2, 0.25) is 0 Å². The molecular weight excluding hydrogens is 308 g/mol. The van der Waals surface area contributed by atoms with Crippen molar-refractivity contribution in [1.29, 1.82) is 0 Å². The van der Waals surface area contributed by atoms with Gasteiger partial charge in [0.15, 0.2) is 0 Å². The molecule has 1 fully saturated rings. The molecule has 0 aliphatic heterocycles. The first-order chi connectivity index (χ1) is 11.5. The minimum absolute atomic E-state index is 0.0195. The fourth-order valence-corrected chi connectivity index (χ4v) is 2.94. The Bertz CT molecular complexity index is 707. The van der Waals surface area contributed by atoms with Crippen LogP contribution in [0.5, 0.6) is 0 Å². The summed E-state index contributed by atoms with van der Waals surface area (Å²) in [6, 6.07) is 3.34. The molecule has 2 N–H and O–H groups in total. The standard InChI is InChI=1S/C17H22N4O3/c1-10-9-13(7-8-18-10)15-20-17(24-21-15)11(2)19-16(23)12-3-5-14(22)6-4-12/h7-9,11-12,14,22H,3-6H2,1-2H3,(H,19,23)/t11-,12-,14+/m0/s1. The summed E-state index contributed by atoms with van der Waals surface area (Å²) in [5, 5.41) is 16.4. The van der Waals surface area contributed by atoms with Gasteiger partial charge in [0.25, 0.3) is 0 Å². The number of aryl methyl sites for hydroxylation is 1. The van der Waals surface area contributed by atoms with Gasteiger partial charge in [-0.3, -0.25) is 9.78 Å². The molecule has 1 atom stereocenters. The summed E-state index contributed by atoms with van der Waals surface area (Å²) < 4.78 is 5.29. The van der Waals surface area contributed by atoms with Crippen LogP contribution in [0.3, 0.4) is 0 Å². The number of rotatable bonds is 4. The van der Waals surface area contributed by atoms with E-state index in [-0.39, 0.29) is 24.0 Å². The van der Waals surface area contributed by atoms with Crippen molar-refractivity contribution in [3.8, 4) is 11.4 Å². The van der Waals surface area contributed by atoms with Gasteiger partial charge in [-0.25, -0.2) is 0 Å². The summed E-state index contributed by atoms with van der Waals surface area (Å²) in [7, 11) is 0. The van der Waals surface area contributed by atoms with Crippen molar-refractivity contribution in [2.45, 2.75) is 51.7 Å². The predicted octanol–water partition coefficient (Wildman–Crippen LogP) is 2.17. The molecular formula is C17H22N4O3. The summed E-state index contributed by atoms with van der Waals surface area (Å²) in [5.41, 5.74) is 1.71. The Morgan fingerprint density at radius 2 is 2.12 bits per heavy atom. The van der Waals surface area contributed by atoms with Crippen LogP contribution in [0.4, 0.5) is 0 Å². The maximum Gasteiger partial charge on any atom is 0.249 e.